The van der Waals surface area contributed by atoms with Crippen LogP contribution in [0.5, 0.6) is 0 Å². The van der Waals surface area contributed by atoms with Crippen LogP contribution in [0.4, 0.5) is 0 Å². The molecule has 4 heteroatoms. The van der Waals surface area contributed by atoms with Gasteiger partial charge in [-0.2, -0.15) is 0 Å². The molecule has 0 aromatic heterocycles. The molecule has 0 fully saturated rings. The fourth-order valence-corrected chi connectivity index (χ4v) is 0.477. The predicted octanol–water partition coefficient (Wildman–Crippen LogP) is 0.237. The topological polar surface area (TPSA) is 55.8 Å². The van der Waals surface area contributed by atoms with Gasteiger partial charge in [-0.05, 0) is 0 Å². The van der Waals surface area contributed by atoms with E-state index in [4.69, 9.17) is 9.84 Å². The third-order valence-electron chi connectivity index (χ3n) is 0.963. The van der Waals surface area contributed by atoms with Crippen LogP contribution in [-0.4, -0.2) is 30.6 Å². The van der Waals surface area contributed by atoms with E-state index in [9.17, 15) is 4.79 Å². The maximum atomic E-state index is 10.6. The summed E-state index contributed by atoms with van der Waals surface area (Å²) in [5.41, 5.74) is 0. The SMILES string of the molecule is C=CCOC(CO)OC(=O)C=C. The maximum Gasteiger partial charge on any atom is 0.332 e. The van der Waals surface area contributed by atoms with Crippen molar-refractivity contribution in [3.8, 4) is 0 Å². The van der Waals surface area contributed by atoms with Crippen LogP contribution >= 0.6 is 0 Å². The second-order valence-electron chi connectivity index (χ2n) is 1.88. The lowest BCUT2D eigenvalue weighted by Gasteiger charge is -2.13. The molecular weight excluding hydrogens is 160 g/mol. The van der Waals surface area contributed by atoms with Crippen LogP contribution in [0.15, 0.2) is 25.3 Å². The summed E-state index contributed by atoms with van der Waals surface area (Å²) in [6.45, 7) is 6.43. The van der Waals surface area contributed by atoms with Gasteiger partial charge in [-0.25, -0.2) is 4.79 Å². The van der Waals surface area contributed by atoms with Gasteiger partial charge in [0.1, 0.15) is 6.61 Å². The number of carbonyl (C=O) groups is 1. The van der Waals surface area contributed by atoms with Gasteiger partial charge in [0.25, 0.3) is 0 Å². The molecule has 0 saturated carbocycles. The number of hydrogen-bond acceptors (Lipinski definition) is 4. The maximum absolute atomic E-state index is 10.6. The Morgan fingerprint density at radius 1 is 1.58 bits per heavy atom. The number of aliphatic hydroxyl groups excluding tert-OH is 1. The second kappa shape index (κ2) is 6.57. The van der Waals surface area contributed by atoms with Gasteiger partial charge in [-0.1, -0.05) is 12.7 Å². The number of rotatable bonds is 6. The molecule has 0 amide bonds. The van der Waals surface area contributed by atoms with E-state index in [1.807, 2.05) is 0 Å². The molecule has 0 spiro atoms. The fraction of sp³-hybridized carbons (Fsp3) is 0.375. The van der Waals surface area contributed by atoms with Crippen molar-refractivity contribution < 1.29 is 19.4 Å². The smallest absolute Gasteiger partial charge is 0.332 e. The van der Waals surface area contributed by atoms with E-state index in [0.29, 0.717) is 0 Å². The number of carbonyl (C=O) groups excluding carboxylic acids is 1. The first-order valence-corrected chi connectivity index (χ1v) is 3.41. The largest absolute Gasteiger partial charge is 0.430 e. The summed E-state index contributed by atoms with van der Waals surface area (Å²) in [7, 11) is 0. The molecule has 1 atom stereocenters. The second-order valence-corrected chi connectivity index (χ2v) is 1.88. The van der Waals surface area contributed by atoms with Gasteiger partial charge < -0.3 is 14.6 Å². The van der Waals surface area contributed by atoms with E-state index in [0.717, 1.165) is 6.08 Å². The lowest BCUT2D eigenvalue weighted by atomic mass is 10.6. The Morgan fingerprint density at radius 3 is 2.67 bits per heavy atom. The summed E-state index contributed by atoms with van der Waals surface area (Å²) in [6.07, 6.45) is 1.55. The van der Waals surface area contributed by atoms with Gasteiger partial charge in [0, 0.05) is 6.08 Å². The third kappa shape index (κ3) is 4.65. The van der Waals surface area contributed by atoms with Crippen molar-refractivity contribution in [2.24, 2.45) is 0 Å². The molecule has 0 saturated heterocycles. The fourth-order valence-electron chi connectivity index (χ4n) is 0.477. The number of aliphatic hydroxyl groups is 1. The summed E-state index contributed by atoms with van der Waals surface area (Å²) < 4.78 is 9.43. The molecular formula is C8H12O4. The number of hydrogen-bond donors (Lipinski definition) is 1. The summed E-state index contributed by atoms with van der Waals surface area (Å²) in [4.78, 5) is 10.6. The van der Waals surface area contributed by atoms with Crippen molar-refractivity contribution in [3.05, 3.63) is 25.3 Å². The molecule has 0 aliphatic rings. The highest BCUT2D eigenvalue weighted by molar-refractivity contribution is 5.81. The number of esters is 1. The Kier molecular flexibility index (Phi) is 5.95. The Labute approximate surface area is 71.1 Å². The first-order valence-electron chi connectivity index (χ1n) is 3.41. The van der Waals surface area contributed by atoms with E-state index >= 15 is 0 Å². The average Bonchev–Trinajstić information content (AvgIpc) is 2.11. The minimum absolute atomic E-state index is 0.218. The van der Waals surface area contributed by atoms with Gasteiger partial charge >= 0.3 is 5.97 Å². The van der Waals surface area contributed by atoms with Gasteiger partial charge in [-0.3, -0.25) is 0 Å². The Bertz CT molecular complexity index is 164. The molecule has 12 heavy (non-hydrogen) atoms. The zero-order valence-corrected chi connectivity index (χ0v) is 6.73. The van der Waals surface area contributed by atoms with Crippen LogP contribution in [0, 0.1) is 0 Å². The molecule has 0 rings (SSSR count). The van der Waals surface area contributed by atoms with E-state index < -0.39 is 12.3 Å². The molecule has 0 aromatic carbocycles. The van der Waals surface area contributed by atoms with Crippen molar-refractivity contribution in [1.29, 1.82) is 0 Å². The van der Waals surface area contributed by atoms with Crippen molar-refractivity contribution >= 4 is 5.97 Å². The van der Waals surface area contributed by atoms with Crippen LogP contribution in [0.25, 0.3) is 0 Å². The summed E-state index contributed by atoms with van der Waals surface area (Å²) >= 11 is 0. The van der Waals surface area contributed by atoms with Gasteiger partial charge in [-0.15, -0.1) is 6.58 Å². The molecule has 0 aliphatic heterocycles. The first-order chi connectivity index (χ1) is 5.74. The first kappa shape index (κ1) is 10.9. The highest BCUT2D eigenvalue weighted by atomic mass is 16.7. The van der Waals surface area contributed by atoms with E-state index in [1.54, 1.807) is 0 Å². The van der Waals surface area contributed by atoms with Crippen molar-refractivity contribution in [3.63, 3.8) is 0 Å². The predicted molar refractivity (Wildman–Crippen MR) is 43.3 cm³/mol. The average molecular weight is 172 g/mol. The summed E-state index contributed by atoms with van der Waals surface area (Å²) in [6, 6.07) is 0. The van der Waals surface area contributed by atoms with E-state index in [-0.39, 0.29) is 13.2 Å². The monoisotopic (exact) mass is 172 g/mol. The van der Waals surface area contributed by atoms with Crippen LogP contribution in [0.1, 0.15) is 0 Å². The third-order valence-corrected chi connectivity index (χ3v) is 0.963. The van der Waals surface area contributed by atoms with Crippen molar-refractivity contribution in [2.45, 2.75) is 6.29 Å². The zero-order valence-electron chi connectivity index (χ0n) is 6.73. The highest BCUT2D eigenvalue weighted by Gasteiger charge is 2.09. The van der Waals surface area contributed by atoms with Crippen molar-refractivity contribution in [1.82, 2.24) is 0 Å². The van der Waals surface area contributed by atoms with Crippen LogP contribution < -0.4 is 0 Å². The van der Waals surface area contributed by atoms with Gasteiger partial charge in [0.2, 0.25) is 6.29 Å². The van der Waals surface area contributed by atoms with Crippen LogP contribution in [0.2, 0.25) is 0 Å². The quantitative estimate of drug-likeness (QED) is 0.270. The molecule has 0 radical (unpaired) electrons. The standard InChI is InChI=1S/C8H12O4/c1-3-5-11-8(6-9)12-7(10)4-2/h3-4,8-9H,1-2,5-6H2. The summed E-state index contributed by atoms with van der Waals surface area (Å²) in [5, 5.41) is 8.63. The zero-order chi connectivity index (χ0) is 9.40. The molecule has 4 nitrogen and oxygen atoms in total. The number of ether oxygens (including phenoxy) is 2. The van der Waals surface area contributed by atoms with Crippen molar-refractivity contribution in [2.75, 3.05) is 13.2 Å². The normalized spacial score (nSPS) is 11.8. The Morgan fingerprint density at radius 2 is 2.25 bits per heavy atom. The summed E-state index contributed by atoms with van der Waals surface area (Å²) in [5.74, 6) is -0.627. The van der Waals surface area contributed by atoms with Crippen LogP contribution in [0.3, 0.4) is 0 Å². The minimum Gasteiger partial charge on any atom is -0.430 e. The molecule has 0 aliphatic carbocycles. The molecule has 0 aromatic rings. The molecule has 1 N–H and O–H groups in total. The Balaban J connectivity index is 3.73. The van der Waals surface area contributed by atoms with E-state index in [2.05, 4.69) is 17.9 Å². The highest BCUT2D eigenvalue weighted by Crippen LogP contribution is 1.95. The van der Waals surface area contributed by atoms with Gasteiger partial charge in [0.15, 0.2) is 0 Å². The lowest BCUT2D eigenvalue weighted by Crippen LogP contribution is -2.24. The van der Waals surface area contributed by atoms with E-state index in [1.165, 1.54) is 6.08 Å². The van der Waals surface area contributed by atoms with Gasteiger partial charge in [0.05, 0.1) is 6.61 Å². The molecule has 1 unspecified atom stereocenters. The lowest BCUT2D eigenvalue weighted by molar-refractivity contribution is -0.178. The Hall–Kier alpha value is -1.13. The molecule has 68 valence electrons. The minimum atomic E-state index is -0.937. The molecule has 0 bridgehead atoms. The van der Waals surface area contributed by atoms with Crippen LogP contribution in [-0.2, 0) is 14.3 Å². The molecule has 0 heterocycles.